The zero-order valence-electron chi connectivity index (χ0n) is 15.0. The van der Waals surface area contributed by atoms with Crippen molar-refractivity contribution >= 4 is 38.9 Å². The lowest BCUT2D eigenvalue weighted by molar-refractivity contribution is 0.0680. The minimum absolute atomic E-state index is 0.00865. The number of benzene rings is 2. The van der Waals surface area contributed by atoms with E-state index in [2.05, 4.69) is 0 Å². The van der Waals surface area contributed by atoms with E-state index in [4.69, 9.17) is 27.9 Å². The Morgan fingerprint density at radius 3 is 2.46 bits per heavy atom. The molecule has 5 nitrogen and oxygen atoms in total. The molecule has 0 radical (unpaired) electrons. The van der Waals surface area contributed by atoms with Crippen LogP contribution in [0.4, 0.5) is 4.39 Å². The van der Waals surface area contributed by atoms with E-state index in [1.165, 1.54) is 36.3 Å². The van der Waals surface area contributed by atoms with Crippen molar-refractivity contribution in [1.29, 1.82) is 0 Å². The van der Waals surface area contributed by atoms with Crippen LogP contribution < -0.4 is 4.74 Å². The molecule has 1 aliphatic rings. The summed E-state index contributed by atoms with van der Waals surface area (Å²) in [6, 6.07) is 8.19. The van der Waals surface area contributed by atoms with Crippen LogP contribution in [0.25, 0.3) is 0 Å². The molecule has 0 N–H and O–H groups in total. The Labute approximate surface area is 172 Å². The van der Waals surface area contributed by atoms with E-state index in [0.29, 0.717) is 12.0 Å². The van der Waals surface area contributed by atoms with Crippen LogP contribution >= 0.6 is 23.2 Å². The third-order valence-electron chi connectivity index (χ3n) is 4.60. The molecule has 1 aliphatic heterocycles. The molecular weight excluding hydrogens is 428 g/mol. The summed E-state index contributed by atoms with van der Waals surface area (Å²) in [4.78, 5) is 14.7. The second kappa shape index (κ2) is 8.27. The Morgan fingerprint density at radius 2 is 1.93 bits per heavy atom. The van der Waals surface area contributed by atoms with Crippen LogP contribution in [-0.4, -0.2) is 43.9 Å². The molecule has 9 heteroatoms. The fourth-order valence-corrected chi connectivity index (χ4v) is 5.64. The standard InChI is InChI=1S/C19H18Cl2FNO4S/c1-27-18-16(20)8-13(9-17(18)21)19(24)23(15-5-6-28(25,26)11-15)10-12-3-2-4-14(22)7-12/h2-4,7-9,15H,5-6,10-11H2,1H3. The van der Waals surface area contributed by atoms with Crippen molar-refractivity contribution in [2.24, 2.45) is 0 Å². The molecule has 1 heterocycles. The number of nitrogens with zero attached hydrogens (tertiary/aromatic N) is 1. The van der Waals surface area contributed by atoms with Gasteiger partial charge in [0.25, 0.3) is 5.91 Å². The Balaban J connectivity index is 1.97. The molecule has 2 aromatic rings. The minimum Gasteiger partial charge on any atom is -0.494 e. The molecule has 0 spiro atoms. The molecular formula is C19H18Cl2FNO4S. The fraction of sp³-hybridized carbons (Fsp3) is 0.316. The van der Waals surface area contributed by atoms with Gasteiger partial charge in [0.1, 0.15) is 5.82 Å². The van der Waals surface area contributed by atoms with Gasteiger partial charge in [-0.3, -0.25) is 4.79 Å². The first-order valence-electron chi connectivity index (χ1n) is 8.49. The minimum atomic E-state index is -3.22. The zero-order chi connectivity index (χ0) is 20.5. The predicted molar refractivity (Wildman–Crippen MR) is 106 cm³/mol. The number of sulfone groups is 1. The summed E-state index contributed by atoms with van der Waals surface area (Å²) in [5.41, 5.74) is 0.764. The number of amides is 1. The van der Waals surface area contributed by atoms with E-state index >= 15 is 0 Å². The molecule has 150 valence electrons. The van der Waals surface area contributed by atoms with Crippen LogP contribution in [-0.2, 0) is 16.4 Å². The average molecular weight is 446 g/mol. The highest BCUT2D eigenvalue weighted by Crippen LogP contribution is 2.35. The van der Waals surface area contributed by atoms with Crippen LogP contribution in [0, 0.1) is 5.82 Å². The largest absolute Gasteiger partial charge is 0.494 e. The summed E-state index contributed by atoms with van der Waals surface area (Å²) < 4.78 is 42.6. The van der Waals surface area contributed by atoms with Gasteiger partial charge in [0.15, 0.2) is 15.6 Å². The molecule has 2 aromatic carbocycles. The number of methoxy groups -OCH3 is 1. The van der Waals surface area contributed by atoms with Gasteiger partial charge >= 0.3 is 0 Å². The van der Waals surface area contributed by atoms with Crippen molar-refractivity contribution in [3.63, 3.8) is 0 Å². The molecule has 0 saturated carbocycles. The first-order valence-corrected chi connectivity index (χ1v) is 11.1. The van der Waals surface area contributed by atoms with Crippen molar-refractivity contribution in [1.82, 2.24) is 4.90 Å². The maximum absolute atomic E-state index is 13.6. The highest BCUT2D eigenvalue weighted by Gasteiger charge is 2.35. The van der Waals surface area contributed by atoms with Gasteiger partial charge in [-0.1, -0.05) is 35.3 Å². The van der Waals surface area contributed by atoms with Gasteiger partial charge in [0.05, 0.1) is 28.7 Å². The summed E-state index contributed by atoms with van der Waals surface area (Å²) >= 11 is 12.3. The van der Waals surface area contributed by atoms with Gasteiger partial charge in [-0.25, -0.2) is 12.8 Å². The number of ether oxygens (including phenoxy) is 1. The molecule has 1 fully saturated rings. The maximum atomic E-state index is 13.6. The van der Waals surface area contributed by atoms with Crippen LogP contribution in [0.15, 0.2) is 36.4 Å². The highest BCUT2D eigenvalue weighted by atomic mass is 35.5. The summed E-state index contributed by atoms with van der Waals surface area (Å²) in [7, 11) is -1.81. The van der Waals surface area contributed by atoms with Gasteiger partial charge < -0.3 is 9.64 Å². The third kappa shape index (κ3) is 4.59. The van der Waals surface area contributed by atoms with Crippen LogP contribution in [0.2, 0.25) is 10.0 Å². The topological polar surface area (TPSA) is 63.7 Å². The van der Waals surface area contributed by atoms with Crippen LogP contribution in [0.5, 0.6) is 5.75 Å². The molecule has 0 bridgehead atoms. The number of rotatable bonds is 5. The summed E-state index contributed by atoms with van der Waals surface area (Å²) in [5, 5.41) is 0.339. The third-order valence-corrected chi connectivity index (χ3v) is 6.91. The first-order chi connectivity index (χ1) is 13.2. The number of carbonyl (C=O) groups excluding carboxylic acids is 1. The predicted octanol–water partition coefficient (Wildman–Crippen LogP) is 3.97. The number of hydrogen-bond acceptors (Lipinski definition) is 4. The quantitative estimate of drug-likeness (QED) is 0.698. The van der Waals surface area contributed by atoms with E-state index in [1.54, 1.807) is 12.1 Å². The van der Waals surface area contributed by atoms with Crippen molar-refractivity contribution in [2.45, 2.75) is 19.0 Å². The number of halogens is 3. The monoisotopic (exact) mass is 445 g/mol. The summed E-state index contributed by atoms with van der Waals surface area (Å²) in [6.07, 6.45) is 0.320. The molecule has 0 aliphatic carbocycles. The SMILES string of the molecule is COc1c(Cl)cc(C(=O)N(Cc2cccc(F)c2)C2CCS(=O)(=O)C2)cc1Cl. The Hall–Kier alpha value is -1.83. The first kappa shape index (κ1) is 20.9. The maximum Gasteiger partial charge on any atom is 0.254 e. The van der Waals surface area contributed by atoms with E-state index in [-0.39, 0.29) is 39.4 Å². The fourth-order valence-electron chi connectivity index (χ4n) is 3.26. The number of hydrogen-bond donors (Lipinski definition) is 0. The molecule has 1 saturated heterocycles. The van der Waals surface area contributed by atoms with Gasteiger partial charge in [-0.15, -0.1) is 0 Å². The average Bonchev–Trinajstić information content (AvgIpc) is 2.98. The Morgan fingerprint density at radius 1 is 1.25 bits per heavy atom. The van der Waals surface area contributed by atoms with Crippen LogP contribution in [0.1, 0.15) is 22.3 Å². The second-order valence-corrected chi connectivity index (χ2v) is 9.64. The molecule has 28 heavy (non-hydrogen) atoms. The molecule has 1 amide bonds. The van der Waals surface area contributed by atoms with E-state index in [9.17, 15) is 17.6 Å². The molecule has 1 atom stereocenters. The van der Waals surface area contributed by atoms with E-state index in [0.717, 1.165) is 0 Å². The lowest BCUT2D eigenvalue weighted by Gasteiger charge is -2.29. The highest BCUT2D eigenvalue weighted by molar-refractivity contribution is 7.91. The molecule has 1 unspecified atom stereocenters. The van der Waals surface area contributed by atoms with Crippen molar-refractivity contribution in [2.75, 3.05) is 18.6 Å². The van der Waals surface area contributed by atoms with Crippen molar-refractivity contribution in [3.8, 4) is 5.75 Å². The van der Waals surface area contributed by atoms with Gasteiger partial charge in [-0.2, -0.15) is 0 Å². The van der Waals surface area contributed by atoms with Crippen molar-refractivity contribution in [3.05, 3.63) is 63.4 Å². The van der Waals surface area contributed by atoms with E-state index < -0.39 is 27.6 Å². The zero-order valence-corrected chi connectivity index (χ0v) is 17.3. The normalized spacial score (nSPS) is 18.1. The van der Waals surface area contributed by atoms with E-state index in [1.807, 2.05) is 0 Å². The van der Waals surface area contributed by atoms with Gasteiger partial charge in [0, 0.05) is 18.2 Å². The molecule has 3 rings (SSSR count). The lowest BCUT2D eigenvalue weighted by atomic mass is 10.1. The lowest BCUT2D eigenvalue weighted by Crippen LogP contribution is -2.40. The van der Waals surface area contributed by atoms with Gasteiger partial charge in [-0.05, 0) is 36.2 Å². The Bertz CT molecular complexity index is 990. The van der Waals surface area contributed by atoms with Gasteiger partial charge in [0.2, 0.25) is 0 Å². The molecule has 0 aromatic heterocycles. The smallest absolute Gasteiger partial charge is 0.254 e. The summed E-state index contributed by atoms with van der Waals surface area (Å²) in [5.74, 6) is -0.738. The van der Waals surface area contributed by atoms with Crippen molar-refractivity contribution < 1.29 is 22.3 Å². The summed E-state index contributed by atoms with van der Waals surface area (Å²) in [6.45, 7) is 0.0675. The Kier molecular flexibility index (Phi) is 6.17. The van der Waals surface area contributed by atoms with Crippen LogP contribution in [0.3, 0.4) is 0 Å². The number of carbonyl (C=O) groups is 1. The second-order valence-electron chi connectivity index (χ2n) is 6.59.